The van der Waals surface area contributed by atoms with E-state index in [4.69, 9.17) is 9.47 Å². The van der Waals surface area contributed by atoms with Gasteiger partial charge in [-0.05, 0) is 49.2 Å². The van der Waals surface area contributed by atoms with E-state index >= 15 is 0 Å². The molecule has 1 fully saturated rings. The van der Waals surface area contributed by atoms with Crippen molar-refractivity contribution in [2.75, 3.05) is 43.5 Å². The molecule has 0 spiro atoms. The highest BCUT2D eigenvalue weighted by atomic mass is 16.5. The molecular formula is C22H28N4O4. The molecule has 1 N–H and O–H groups in total. The van der Waals surface area contributed by atoms with Crippen molar-refractivity contribution in [3.63, 3.8) is 0 Å². The van der Waals surface area contributed by atoms with Gasteiger partial charge in [-0.3, -0.25) is 4.79 Å². The third-order valence-corrected chi connectivity index (χ3v) is 5.13. The Balaban J connectivity index is 1.60. The quantitative estimate of drug-likeness (QED) is 0.600. The van der Waals surface area contributed by atoms with E-state index in [9.17, 15) is 9.59 Å². The van der Waals surface area contributed by atoms with E-state index in [-0.39, 0.29) is 12.0 Å². The Bertz CT molecular complexity index is 906. The fraction of sp³-hybridized carbons (Fsp3) is 0.409. The van der Waals surface area contributed by atoms with Crippen molar-refractivity contribution in [1.82, 2.24) is 9.88 Å². The standard InChI is InChI=1S/C22H28N4O4/c1-5-17-14-20(21(29-4)23-15(17)2)24-22(28)26-12-10-25(11-13-26)18-6-8-19(9-7-18)30-16(3)27/h6-9,14H,5,10-13H2,1-4H3,(H,24,28). The van der Waals surface area contributed by atoms with Crippen LogP contribution in [0.5, 0.6) is 11.6 Å². The van der Waals surface area contributed by atoms with Crippen molar-refractivity contribution < 1.29 is 19.1 Å². The van der Waals surface area contributed by atoms with E-state index in [0.29, 0.717) is 43.5 Å². The van der Waals surface area contributed by atoms with E-state index in [1.54, 1.807) is 24.1 Å². The average Bonchev–Trinajstić information content (AvgIpc) is 2.75. The van der Waals surface area contributed by atoms with Crippen LogP contribution in [0.3, 0.4) is 0 Å². The van der Waals surface area contributed by atoms with Crippen molar-refractivity contribution in [2.45, 2.75) is 27.2 Å². The molecule has 2 amide bonds. The highest BCUT2D eigenvalue weighted by Gasteiger charge is 2.23. The van der Waals surface area contributed by atoms with Gasteiger partial charge >= 0.3 is 12.0 Å². The number of urea groups is 1. The van der Waals surface area contributed by atoms with E-state index < -0.39 is 0 Å². The lowest BCUT2D eigenvalue weighted by molar-refractivity contribution is -0.131. The predicted octanol–water partition coefficient (Wildman–Crippen LogP) is 3.24. The minimum Gasteiger partial charge on any atom is -0.480 e. The maximum atomic E-state index is 12.8. The fourth-order valence-electron chi connectivity index (χ4n) is 3.48. The number of hydrogen-bond acceptors (Lipinski definition) is 6. The van der Waals surface area contributed by atoms with Crippen LogP contribution >= 0.6 is 0 Å². The van der Waals surface area contributed by atoms with Crippen molar-refractivity contribution >= 4 is 23.4 Å². The zero-order chi connectivity index (χ0) is 21.7. The van der Waals surface area contributed by atoms with Gasteiger partial charge in [-0.1, -0.05) is 6.92 Å². The number of methoxy groups -OCH3 is 1. The molecule has 160 valence electrons. The molecule has 0 atom stereocenters. The number of benzene rings is 1. The minimum absolute atomic E-state index is 0.161. The van der Waals surface area contributed by atoms with Crippen LogP contribution in [0.1, 0.15) is 25.1 Å². The molecular weight excluding hydrogens is 384 g/mol. The summed E-state index contributed by atoms with van der Waals surface area (Å²) in [5.41, 5.74) is 3.60. The average molecular weight is 412 g/mol. The summed E-state index contributed by atoms with van der Waals surface area (Å²) in [6.07, 6.45) is 0.834. The number of nitrogens with zero attached hydrogens (tertiary/aromatic N) is 3. The Kier molecular flexibility index (Phi) is 6.76. The Hall–Kier alpha value is -3.29. The van der Waals surface area contributed by atoms with Gasteiger partial charge in [0.2, 0.25) is 5.88 Å². The Morgan fingerprint density at radius 2 is 1.80 bits per heavy atom. The number of anilines is 2. The number of ether oxygens (including phenoxy) is 2. The number of pyridine rings is 1. The van der Waals surface area contributed by atoms with Crippen molar-refractivity contribution in [2.24, 2.45) is 0 Å². The molecule has 0 saturated carbocycles. The number of carbonyl (C=O) groups is 2. The first kappa shape index (κ1) is 21.4. The van der Waals surface area contributed by atoms with Crippen molar-refractivity contribution in [3.05, 3.63) is 41.6 Å². The first-order chi connectivity index (χ1) is 14.4. The van der Waals surface area contributed by atoms with Gasteiger partial charge < -0.3 is 24.6 Å². The molecule has 3 rings (SSSR count). The van der Waals surface area contributed by atoms with Crippen LogP contribution in [0.2, 0.25) is 0 Å². The number of aromatic nitrogens is 1. The summed E-state index contributed by atoms with van der Waals surface area (Å²) in [6, 6.07) is 9.16. The zero-order valence-electron chi connectivity index (χ0n) is 17.9. The normalized spacial score (nSPS) is 13.7. The predicted molar refractivity (Wildman–Crippen MR) is 115 cm³/mol. The van der Waals surface area contributed by atoms with Gasteiger partial charge in [-0.2, -0.15) is 0 Å². The van der Waals surface area contributed by atoms with Gasteiger partial charge in [-0.15, -0.1) is 0 Å². The maximum Gasteiger partial charge on any atom is 0.322 e. The number of rotatable bonds is 5. The van der Waals surface area contributed by atoms with Crippen LogP contribution in [0.15, 0.2) is 30.3 Å². The highest BCUT2D eigenvalue weighted by molar-refractivity contribution is 5.91. The molecule has 0 unspecified atom stereocenters. The second kappa shape index (κ2) is 9.47. The lowest BCUT2D eigenvalue weighted by Gasteiger charge is -2.36. The van der Waals surface area contributed by atoms with Gasteiger partial charge in [0.15, 0.2) is 0 Å². The first-order valence-electron chi connectivity index (χ1n) is 10.0. The third kappa shape index (κ3) is 5.00. The Labute approximate surface area is 176 Å². The molecule has 2 heterocycles. The summed E-state index contributed by atoms with van der Waals surface area (Å²) in [5.74, 6) is 0.606. The minimum atomic E-state index is -0.339. The molecule has 30 heavy (non-hydrogen) atoms. The van der Waals surface area contributed by atoms with Crippen molar-refractivity contribution in [1.29, 1.82) is 0 Å². The zero-order valence-corrected chi connectivity index (χ0v) is 17.9. The molecule has 8 nitrogen and oxygen atoms in total. The van der Waals surface area contributed by atoms with Gasteiger partial charge in [0.1, 0.15) is 11.4 Å². The van der Waals surface area contributed by atoms with Crippen LogP contribution in [0, 0.1) is 6.92 Å². The van der Waals surface area contributed by atoms with Gasteiger partial charge in [0.05, 0.1) is 7.11 Å². The third-order valence-electron chi connectivity index (χ3n) is 5.13. The molecule has 1 saturated heterocycles. The lowest BCUT2D eigenvalue weighted by atomic mass is 10.1. The van der Waals surface area contributed by atoms with Crippen LogP contribution in [-0.4, -0.2) is 55.2 Å². The maximum absolute atomic E-state index is 12.8. The lowest BCUT2D eigenvalue weighted by Crippen LogP contribution is -2.50. The fourth-order valence-corrected chi connectivity index (χ4v) is 3.48. The number of nitrogens with one attached hydrogen (secondary N) is 1. The summed E-state index contributed by atoms with van der Waals surface area (Å²) in [6.45, 7) is 7.99. The number of piperazine rings is 1. The van der Waals surface area contributed by atoms with Crippen LogP contribution < -0.4 is 19.7 Å². The van der Waals surface area contributed by atoms with Crippen LogP contribution in [0.4, 0.5) is 16.2 Å². The van der Waals surface area contributed by atoms with Gasteiger partial charge in [-0.25, -0.2) is 9.78 Å². The van der Waals surface area contributed by atoms with E-state index in [0.717, 1.165) is 23.4 Å². The monoisotopic (exact) mass is 412 g/mol. The number of carbonyl (C=O) groups excluding carboxylic acids is 2. The summed E-state index contributed by atoms with van der Waals surface area (Å²) in [7, 11) is 1.55. The second-order valence-electron chi connectivity index (χ2n) is 7.14. The van der Waals surface area contributed by atoms with E-state index in [1.807, 2.05) is 25.1 Å². The largest absolute Gasteiger partial charge is 0.480 e. The molecule has 0 radical (unpaired) electrons. The SMILES string of the molecule is CCc1cc(NC(=O)N2CCN(c3ccc(OC(C)=O)cc3)CC2)c(OC)nc1C. The topological polar surface area (TPSA) is 84.0 Å². The Morgan fingerprint density at radius 3 is 2.37 bits per heavy atom. The molecule has 0 bridgehead atoms. The first-order valence-corrected chi connectivity index (χ1v) is 10.0. The smallest absolute Gasteiger partial charge is 0.322 e. The molecule has 1 aromatic carbocycles. The molecule has 1 aliphatic rings. The number of amides is 2. The number of hydrogen-bond donors (Lipinski definition) is 1. The summed E-state index contributed by atoms with van der Waals surface area (Å²) in [4.78, 5) is 32.2. The van der Waals surface area contributed by atoms with Gasteiger partial charge in [0.25, 0.3) is 0 Å². The van der Waals surface area contributed by atoms with E-state index in [2.05, 4.69) is 22.1 Å². The number of esters is 1. The van der Waals surface area contributed by atoms with Gasteiger partial charge in [0, 0.05) is 44.5 Å². The molecule has 0 aliphatic carbocycles. The summed E-state index contributed by atoms with van der Waals surface area (Å²) < 4.78 is 10.4. The number of aryl methyl sites for hydroxylation is 2. The summed E-state index contributed by atoms with van der Waals surface area (Å²) in [5, 5.41) is 2.95. The van der Waals surface area contributed by atoms with Crippen LogP contribution in [0.25, 0.3) is 0 Å². The molecule has 1 aliphatic heterocycles. The van der Waals surface area contributed by atoms with Crippen molar-refractivity contribution in [3.8, 4) is 11.6 Å². The molecule has 1 aromatic heterocycles. The Morgan fingerprint density at radius 1 is 1.13 bits per heavy atom. The molecule has 8 heteroatoms. The summed E-state index contributed by atoms with van der Waals surface area (Å²) >= 11 is 0. The molecule has 2 aromatic rings. The second-order valence-corrected chi connectivity index (χ2v) is 7.14. The highest BCUT2D eigenvalue weighted by Crippen LogP contribution is 2.26. The van der Waals surface area contributed by atoms with E-state index in [1.165, 1.54) is 6.92 Å². The van der Waals surface area contributed by atoms with Crippen LogP contribution in [-0.2, 0) is 11.2 Å².